The highest BCUT2D eigenvalue weighted by molar-refractivity contribution is 8.00. The van der Waals surface area contributed by atoms with E-state index in [-0.39, 0.29) is 18.0 Å². The lowest BCUT2D eigenvalue weighted by Gasteiger charge is -2.49. The maximum absolute atomic E-state index is 12.3. The minimum Gasteiger partial charge on any atom is -0.477 e. The molecule has 0 aromatic carbocycles. The van der Waals surface area contributed by atoms with Gasteiger partial charge in [-0.25, -0.2) is 4.79 Å². The lowest BCUT2D eigenvalue weighted by Crippen LogP contribution is -2.70. The van der Waals surface area contributed by atoms with Gasteiger partial charge in [0.2, 0.25) is 5.91 Å². The van der Waals surface area contributed by atoms with Crippen LogP contribution in [0.3, 0.4) is 0 Å². The summed E-state index contributed by atoms with van der Waals surface area (Å²) in [6.07, 6.45) is 5.26. The Hall–Kier alpha value is -2.26. The molecular formula is C16H19N3O5S. The number of β-lactam (4-membered cyclic amide) rings is 1. The molecule has 1 saturated heterocycles. The van der Waals surface area contributed by atoms with Crippen LogP contribution in [0.1, 0.15) is 19.3 Å². The van der Waals surface area contributed by atoms with Gasteiger partial charge in [0.1, 0.15) is 17.1 Å². The highest BCUT2D eigenvalue weighted by Crippen LogP contribution is 2.40. The molecule has 0 aromatic heterocycles. The van der Waals surface area contributed by atoms with Gasteiger partial charge in [0, 0.05) is 24.3 Å². The van der Waals surface area contributed by atoms with Crippen molar-refractivity contribution < 1.29 is 24.6 Å². The molecule has 25 heavy (non-hydrogen) atoms. The maximum Gasteiger partial charge on any atom is 0.352 e. The summed E-state index contributed by atoms with van der Waals surface area (Å²) >= 11 is 1.33. The average Bonchev–Trinajstić information content (AvgIpc) is 2.60. The molecule has 134 valence electrons. The normalized spacial score (nSPS) is 25.6. The third-order valence-corrected chi connectivity index (χ3v) is 5.79. The van der Waals surface area contributed by atoms with E-state index in [1.54, 1.807) is 0 Å². The summed E-state index contributed by atoms with van der Waals surface area (Å²) in [4.78, 5) is 37.1. The van der Waals surface area contributed by atoms with E-state index in [9.17, 15) is 24.6 Å². The topological polar surface area (TPSA) is 133 Å². The summed E-state index contributed by atoms with van der Waals surface area (Å²) in [6.45, 7) is -0.414. The minimum absolute atomic E-state index is 0.126. The van der Waals surface area contributed by atoms with Crippen molar-refractivity contribution >= 4 is 29.5 Å². The van der Waals surface area contributed by atoms with E-state index in [1.165, 1.54) is 11.8 Å². The standard InChI is InChI=1S/C16H19N3O5S/c17-10-4-2-1-3-8(10)5-11(21)18-12-14(22)19-13(16(23)24)9(6-20)7-25-15(12)19/h1-2,12,15,20H,3-7,17H2,(H,18,21)(H,23,24)/t12?,15-/m1/s1. The molecule has 0 spiro atoms. The number of carbonyl (C=O) groups excluding carboxylic acids is 2. The van der Waals surface area contributed by atoms with Crippen LogP contribution in [-0.2, 0) is 14.4 Å². The number of rotatable bonds is 5. The number of nitrogens with two attached hydrogens (primary N) is 1. The van der Waals surface area contributed by atoms with Crippen LogP contribution in [0.2, 0.25) is 0 Å². The monoisotopic (exact) mass is 365 g/mol. The number of carboxylic acids is 1. The van der Waals surface area contributed by atoms with Crippen molar-refractivity contribution in [3.05, 3.63) is 34.7 Å². The van der Waals surface area contributed by atoms with Crippen LogP contribution in [0, 0.1) is 0 Å². The van der Waals surface area contributed by atoms with Gasteiger partial charge in [-0.3, -0.25) is 14.5 Å². The Labute approximate surface area is 148 Å². The summed E-state index contributed by atoms with van der Waals surface area (Å²) in [6, 6.07) is -0.756. The number of fused-ring (bicyclic) bond motifs is 1. The van der Waals surface area contributed by atoms with Crippen molar-refractivity contribution in [2.75, 3.05) is 12.4 Å². The Kier molecular flexibility index (Phi) is 4.87. The molecule has 2 aliphatic heterocycles. The molecule has 1 aliphatic carbocycles. The molecule has 3 rings (SSSR count). The third kappa shape index (κ3) is 3.16. The van der Waals surface area contributed by atoms with Gasteiger partial charge >= 0.3 is 5.97 Å². The minimum atomic E-state index is -1.25. The van der Waals surface area contributed by atoms with Crippen LogP contribution >= 0.6 is 11.8 Å². The van der Waals surface area contributed by atoms with Gasteiger partial charge < -0.3 is 21.3 Å². The lowest BCUT2D eigenvalue weighted by molar-refractivity contribution is -0.150. The molecule has 0 aromatic rings. The summed E-state index contributed by atoms with van der Waals surface area (Å²) in [5, 5.41) is 20.8. The van der Waals surface area contributed by atoms with Crippen LogP contribution < -0.4 is 11.1 Å². The van der Waals surface area contributed by atoms with Gasteiger partial charge in [0.25, 0.3) is 5.91 Å². The van der Waals surface area contributed by atoms with Gasteiger partial charge in [-0.05, 0) is 17.6 Å². The summed E-state index contributed by atoms with van der Waals surface area (Å²) < 4.78 is 0. The highest BCUT2D eigenvalue weighted by Gasteiger charge is 2.54. The fraction of sp³-hybridized carbons (Fsp3) is 0.438. The second-order valence-electron chi connectivity index (χ2n) is 6.06. The molecule has 8 nitrogen and oxygen atoms in total. The average molecular weight is 365 g/mol. The van der Waals surface area contributed by atoms with Crippen molar-refractivity contribution in [1.29, 1.82) is 0 Å². The quantitative estimate of drug-likeness (QED) is 0.387. The Balaban J connectivity index is 1.67. The van der Waals surface area contributed by atoms with Crippen LogP contribution in [0.15, 0.2) is 34.7 Å². The molecule has 2 atom stereocenters. The zero-order chi connectivity index (χ0) is 18.1. The van der Waals surface area contributed by atoms with E-state index in [2.05, 4.69) is 5.32 Å². The van der Waals surface area contributed by atoms with Gasteiger partial charge in [-0.15, -0.1) is 11.8 Å². The number of hydrogen-bond acceptors (Lipinski definition) is 6. The molecule has 5 N–H and O–H groups in total. The van der Waals surface area contributed by atoms with Crippen molar-refractivity contribution in [3.63, 3.8) is 0 Å². The molecule has 2 heterocycles. The van der Waals surface area contributed by atoms with E-state index in [1.807, 2.05) is 12.2 Å². The van der Waals surface area contributed by atoms with Crippen LogP contribution in [-0.4, -0.2) is 56.7 Å². The Morgan fingerprint density at radius 2 is 2.04 bits per heavy atom. The maximum atomic E-state index is 12.3. The number of carboxylic acid groups (broad SMARTS) is 1. The molecule has 0 bridgehead atoms. The van der Waals surface area contributed by atoms with E-state index in [0.29, 0.717) is 29.9 Å². The number of amides is 2. The molecule has 0 radical (unpaired) electrons. The number of carbonyl (C=O) groups is 3. The number of aliphatic carboxylic acids is 1. The van der Waals surface area contributed by atoms with Crippen molar-refractivity contribution in [3.8, 4) is 0 Å². The first-order chi connectivity index (χ1) is 11.9. The second kappa shape index (κ2) is 6.93. The SMILES string of the molecule is NC1=C(CC(=O)NC2C(=O)N3C(C(=O)O)=C(CO)CS[C@H]23)CC=CC1. The molecule has 1 fully saturated rings. The van der Waals surface area contributed by atoms with Gasteiger partial charge in [-0.1, -0.05) is 12.2 Å². The first-order valence-electron chi connectivity index (χ1n) is 7.85. The van der Waals surface area contributed by atoms with Gasteiger partial charge in [0.15, 0.2) is 0 Å². The lowest BCUT2D eigenvalue weighted by atomic mass is 9.98. The number of allylic oxidation sites excluding steroid dienone is 2. The predicted octanol–water partition coefficient (Wildman–Crippen LogP) is -0.330. The molecule has 2 amide bonds. The number of nitrogens with zero attached hydrogens (tertiary/aromatic N) is 1. The fourth-order valence-electron chi connectivity index (χ4n) is 3.12. The molecule has 9 heteroatoms. The molecular weight excluding hydrogens is 346 g/mol. The van der Waals surface area contributed by atoms with Crippen molar-refractivity contribution in [2.24, 2.45) is 5.73 Å². The van der Waals surface area contributed by atoms with E-state index in [4.69, 9.17) is 5.73 Å². The number of aliphatic hydroxyl groups is 1. The zero-order valence-electron chi connectivity index (χ0n) is 13.4. The summed E-state index contributed by atoms with van der Waals surface area (Å²) in [7, 11) is 0. The van der Waals surface area contributed by atoms with E-state index in [0.717, 1.165) is 10.5 Å². The smallest absolute Gasteiger partial charge is 0.352 e. The van der Waals surface area contributed by atoms with Crippen molar-refractivity contribution in [2.45, 2.75) is 30.7 Å². The highest BCUT2D eigenvalue weighted by atomic mass is 32.2. The largest absolute Gasteiger partial charge is 0.477 e. The number of nitrogens with one attached hydrogen (secondary N) is 1. The third-order valence-electron chi connectivity index (χ3n) is 4.45. The number of thioether (sulfide) groups is 1. The number of aliphatic hydroxyl groups excluding tert-OH is 1. The summed E-state index contributed by atoms with van der Waals surface area (Å²) in [5.74, 6) is -1.72. The Morgan fingerprint density at radius 3 is 2.68 bits per heavy atom. The first kappa shape index (κ1) is 17.6. The van der Waals surface area contributed by atoms with Crippen LogP contribution in [0.4, 0.5) is 0 Å². The van der Waals surface area contributed by atoms with E-state index >= 15 is 0 Å². The fourth-order valence-corrected chi connectivity index (χ4v) is 4.46. The molecule has 3 aliphatic rings. The van der Waals surface area contributed by atoms with Crippen molar-refractivity contribution in [1.82, 2.24) is 10.2 Å². The molecule has 1 unspecified atom stereocenters. The van der Waals surface area contributed by atoms with Crippen LogP contribution in [0.25, 0.3) is 0 Å². The second-order valence-corrected chi connectivity index (χ2v) is 7.16. The Morgan fingerprint density at radius 1 is 1.32 bits per heavy atom. The summed E-state index contributed by atoms with van der Waals surface area (Å²) in [5.41, 5.74) is 7.54. The van der Waals surface area contributed by atoms with Gasteiger partial charge in [0.05, 0.1) is 6.61 Å². The first-order valence-corrected chi connectivity index (χ1v) is 8.90. The molecule has 0 saturated carbocycles. The zero-order valence-corrected chi connectivity index (χ0v) is 14.2. The van der Waals surface area contributed by atoms with E-state index < -0.39 is 29.9 Å². The van der Waals surface area contributed by atoms with Crippen LogP contribution in [0.5, 0.6) is 0 Å². The Bertz CT molecular complexity index is 727. The predicted molar refractivity (Wildman–Crippen MR) is 91.0 cm³/mol. The van der Waals surface area contributed by atoms with Gasteiger partial charge in [-0.2, -0.15) is 0 Å². The number of hydrogen-bond donors (Lipinski definition) is 4.